The third-order valence-corrected chi connectivity index (χ3v) is 4.06. The van der Waals surface area contributed by atoms with Gasteiger partial charge in [-0.05, 0) is 30.4 Å². The van der Waals surface area contributed by atoms with Gasteiger partial charge in [0.2, 0.25) is 0 Å². The van der Waals surface area contributed by atoms with Gasteiger partial charge < -0.3 is 5.32 Å². The number of halogens is 3. The molecule has 0 bridgehead atoms. The van der Waals surface area contributed by atoms with Crippen LogP contribution >= 0.6 is 11.6 Å². The molecule has 1 aliphatic rings. The lowest BCUT2D eigenvalue weighted by molar-refractivity contribution is 0.373. The minimum absolute atomic E-state index is 0.0886. The molecule has 4 heteroatoms. The van der Waals surface area contributed by atoms with Gasteiger partial charge in [0.05, 0.1) is 10.7 Å². The fourth-order valence-corrected chi connectivity index (χ4v) is 2.87. The Bertz CT molecular complexity index is 586. The zero-order valence-electron chi connectivity index (χ0n) is 10.7. The highest BCUT2D eigenvalue weighted by Gasteiger charge is 2.31. The van der Waals surface area contributed by atoms with E-state index in [1.165, 1.54) is 5.56 Å². The van der Waals surface area contributed by atoms with E-state index >= 15 is 0 Å². The van der Waals surface area contributed by atoms with Crippen LogP contribution in [0.4, 0.5) is 14.5 Å². The standard InChI is InChI=1S/C16H14ClF2N/c17-14-8-12(18)9-15(19)16(14)20-13-6-11(7-13)10-4-2-1-3-5-10/h1-5,8-9,11,13,20H,6-7H2. The minimum Gasteiger partial charge on any atom is -0.379 e. The molecule has 1 fully saturated rings. The van der Waals surface area contributed by atoms with Gasteiger partial charge in [-0.2, -0.15) is 0 Å². The molecule has 0 saturated heterocycles. The van der Waals surface area contributed by atoms with E-state index < -0.39 is 11.6 Å². The van der Waals surface area contributed by atoms with Crippen molar-refractivity contribution in [3.63, 3.8) is 0 Å². The monoisotopic (exact) mass is 293 g/mol. The molecule has 0 spiro atoms. The van der Waals surface area contributed by atoms with Crippen LogP contribution in [0.15, 0.2) is 42.5 Å². The Labute approximate surface area is 121 Å². The fraction of sp³-hybridized carbons (Fsp3) is 0.250. The predicted molar refractivity (Wildman–Crippen MR) is 77.2 cm³/mol. The van der Waals surface area contributed by atoms with Crippen LogP contribution < -0.4 is 5.32 Å². The Hall–Kier alpha value is -1.61. The van der Waals surface area contributed by atoms with Crippen LogP contribution in [-0.2, 0) is 0 Å². The van der Waals surface area contributed by atoms with Crippen molar-refractivity contribution >= 4 is 17.3 Å². The van der Waals surface area contributed by atoms with Gasteiger partial charge in [-0.3, -0.25) is 0 Å². The first-order valence-electron chi connectivity index (χ1n) is 6.59. The lowest BCUT2D eigenvalue weighted by Gasteiger charge is -2.37. The van der Waals surface area contributed by atoms with Gasteiger partial charge in [0.15, 0.2) is 5.82 Å². The smallest absolute Gasteiger partial charge is 0.150 e. The second kappa shape index (κ2) is 5.41. The molecular weight excluding hydrogens is 280 g/mol. The van der Waals surface area contributed by atoms with Crippen molar-refractivity contribution in [3.05, 3.63) is 64.7 Å². The molecule has 3 rings (SSSR count). The number of anilines is 1. The SMILES string of the molecule is Fc1cc(F)c(NC2CC(c3ccccc3)C2)c(Cl)c1. The van der Waals surface area contributed by atoms with Gasteiger partial charge in [-0.1, -0.05) is 41.9 Å². The van der Waals surface area contributed by atoms with E-state index in [0.717, 1.165) is 25.0 Å². The molecule has 0 radical (unpaired) electrons. The molecule has 0 aromatic heterocycles. The average Bonchev–Trinajstić information content (AvgIpc) is 2.36. The van der Waals surface area contributed by atoms with Crippen molar-refractivity contribution in [3.8, 4) is 0 Å². The molecule has 2 aromatic carbocycles. The Morgan fingerprint density at radius 2 is 1.75 bits per heavy atom. The Kier molecular flexibility index (Phi) is 3.62. The van der Waals surface area contributed by atoms with Gasteiger partial charge in [0.1, 0.15) is 5.82 Å². The molecule has 1 N–H and O–H groups in total. The van der Waals surface area contributed by atoms with Gasteiger partial charge in [0.25, 0.3) is 0 Å². The van der Waals surface area contributed by atoms with Crippen LogP contribution in [0.1, 0.15) is 24.3 Å². The molecule has 0 aliphatic heterocycles. The highest BCUT2D eigenvalue weighted by Crippen LogP contribution is 2.39. The van der Waals surface area contributed by atoms with Crippen LogP contribution in [0.3, 0.4) is 0 Å². The molecule has 104 valence electrons. The number of hydrogen-bond donors (Lipinski definition) is 1. The van der Waals surface area contributed by atoms with Crippen molar-refractivity contribution < 1.29 is 8.78 Å². The van der Waals surface area contributed by atoms with Crippen molar-refractivity contribution in [1.29, 1.82) is 0 Å². The Morgan fingerprint density at radius 1 is 1.05 bits per heavy atom. The average molecular weight is 294 g/mol. The topological polar surface area (TPSA) is 12.0 Å². The van der Waals surface area contributed by atoms with Gasteiger partial charge in [-0.25, -0.2) is 8.78 Å². The Morgan fingerprint density at radius 3 is 2.40 bits per heavy atom. The Balaban J connectivity index is 1.65. The number of benzene rings is 2. The third-order valence-electron chi connectivity index (χ3n) is 3.76. The van der Waals surface area contributed by atoms with E-state index in [0.29, 0.717) is 5.92 Å². The first kappa shape index (κ1) is 13.4. The summed E-state index contributed by atoms with van der Waals surface area (Å²) < 4.78 is 26.6. The molecule has 0 heterocycles. The highest BCUT2D eigenvalue weighted by molar-refractivity contribution is 6.33. The zero-order chi connectivity index (χ0) is 14.1. The van der Waals surface area contributed by atoms with E-state index in [9.17, 15) is 8.78 Å². The number of nitrogens with one attached hydrogen (secondary N) is 1. The summed E-state index contributed by atoms with van der Waals surface area (Å²) in [5.41, 5.74) is 1.50. The second-order valence-electron chi connectivity index (χ2n) is 5.16. The maximum absolute atomic E-state index is 13.7. The summed E-state index contributed by atoms with van der Waals surface area (Å²) in [6, 6.07) is 12.4. The molecule has 1 nitrogen and oxygen atoms in total. The molecule has 1 saturated carbocycles. The summed E-state index contributed by atoms with van der Waals surface area (Å²) in [6.07, 6.45) is 1.86. The maximum atomic E-state index is 13.7. The van der Waals surface area contributed by atoms with Crippen molar-refractivity contribution in [1.82, 2.24) is 0 Å². The normalized spacial score (nSPS) is 21.4. The second-order valence-corrected chi connectivity index (χ2v) is 5.57. The van der Waals surface area contributed by atoms with Crippen LogP contribution in [0.5, 0.6) is 0 Å². The van der Waals surface area contributed by atoms with Gasteiger partial charge in [-0.15, -0.1) is 0 Å². The molecule has 2 aromatic rings. The maximum Gasteiger partial charge on any atom is 0.150 e. The highest BCUT2D eigenvalue weighted by atomic mass is 35.5. The fourth-order valence-electron chi connectivity index (χ4n) is 2.62. The van der Waals surface area contributed by atoms with Crippen LogP contribution in [0, 0.1) is 11.6 Å². The molecule has 0 atom stereocenters. The summed E-state index contributed by atoms with van der Waals surface area (Å²) >= 11 is 5.87. The van der Waals surface area contributed by atoms with E-state index in [4.69, 9.17) is 11.6 Å². The first-order valence-corrected chi connectivity index (χ1v) is 6.97. The number of hydrogen-bond acceptors (Lipinski definition) is 1. The van der Waals surface area contributed by atoms with Crippen LogP contribution in [0.25, 0.3) is 0 Å². The summed E-state index contributed by atoms with van der Waals surface area (Å²) in [5, 5.41) is 3.16. The summed E-state index contributed by atoms with van der Waals surface area (Å²) in [5.74, 6) is -0.803. The minimum atomic E-state index is -0.658. The van der Waals surface area contributed by atoms with E-state index in [1.807, 2.05) is 18.2 Å². The zero-order valence-corrected chi connectivity index (χ0v) is 11.5. The summed E-state index contributed by atoms with van der Waals surface area (Å²) in [6.45, 7) is 0. The molecule has 20 heavy (non-hydrogen) atoms. The van der Waals surface area contributed by atoms with E-state index in [-0.39, 0.29) is 16.8 Å². The lowest BCUT2D eigenvalue weighted by atomic mass is 9.76. The number of rotatable bonds is 3. The first-order chi connectivity index (χ1) is 9.63. The van der Waals surface area contributed by atoms with E-state index in [2.05, 4.69) is 17.4 Å². The summed E-state index contributed by atoms with van der Waals surface area (Å²) in [7, 11) is 0. The molecule has 0 unspecified atom stereocenters. The largest absolute Gasteiger partial charge is 0.379 e. The summed E-state index contributed by atoms with van der Waals surface area (Å²) in [4.78, 5) is 0. The molecule has 0 amide bonds. The van der Waals surface area contributed by atoms with Gasteiger partial charge in [0, 0.05) is 12.1 Å². The van der Waals surface area contributed by atoms with E-state index in [1.54, 1.807) is 0 Å². The van der Waals surface area contributed by atoms with Crippen molar-refractivity contribution in [2.75, 3.05) is 5.32 Å². The van der Waals surface area contributed by atoms with Crippen LogP contribution in [-0.4, -0.2) is 6.04 Å². The molecular formula is C16H14ClF2N. The van der Waals surface area contributed by atoms with Crippen molar-refractivity contribution in [2.24, 2.45) is 0 Å². The van der Waals surface area contributed by atoms with Crippen molar-refractivity contribution in [2.45, 2.75) is 24.8 Å². The third kappa shape index (κ3) is 2.63. The van der Waals surface area contributed by atoms with Gasteiger partial charge >= 0.3 is 0 Å². The lowest BCUT2D eigenvalue weighted by Crippen LogP contribution is -2.34. The predicted octanol–water partition coefficient (Wildman–Crippen LogP) is 4.98. The van der Waals surface area contributed by atoms with Crippen LogP contribution in [0.2, 0.25) is 5.02 Å². The quantitative estimate of drug-likeness (QED) is 0.842. The molecule has 1 aliphatic carbocycles.